The van der Waals surface area contributed by atoms with Gasteiger partial charge in [-0.25, -0.2) is 4.79 Å². The molecule has 7 rings (SSSR count). The van der Waals surface area contributed by atoms with Crippen molar-refractivity contribution in [1.82, 2.24) is 4.98 Å². The first kappa shape index (κ1) is 29.8. The minimum atomic E-state index is -1.45. The van der Waals surface area contributed by atoms with Crippen LogP contribution >= 0.6 is 23.4 Å². The molecule has 4 aliphatic carbocycles. The van der Waals surface area contributed by atoms with Crippen LogP contribution in [0, 0.1) is 28.6 Å². The molecule has 0 spiro atoms. The summed E-state index contributed by atoms with van der Waals surface area (Å²) in [5.41, 5.74) is 0.142. The fourth-order valence-electron chi connectivity index (χ4n) is 9.29. The van der Waals surface area contributed by atoms with Gasteiger partial charge in [-0.15, -0.1) is 0 Å². The summed E-state index contributed by atoms with van der Waals surface area (Å²) in [5.74, 6) is 0.0476. The van der Waals surface area contributed by atoms with Gasteiger partial charge in [0.05, 0.1) is 23.6 Å². The lowest BCUT2D eigenvalue weighted by Crippen LogP contribution is -2.62. The molecule has 44 heavy (non-hydrogen) atoms. The number of carbonyl (C=O) groups is 3. The van der Waals surface area contributed by atoms with E-state index in [1.54, 1.807) is 18.2 Å². The van der Waals surface area contributed by atoms with Crippen LogP contribution in [0.3, 0.4) is 0 Å². The summed E-state index contributed by atoms with van der Waals surface area (Å²) in [5, 5.41) is 13.3. The van der Waals surface area contributed by atoms with Crippen LogP contribution in [0.25, 0.3) is 10.9 Å². The second kappa shape index (κ2) is 10.8. The summed E-state index contributed by atoms with van der Waals surface area (Å²) >= 11 is 7.30. The minimum Gasteiger partial charge on any atom is -0.457 e. The molecule has 2 aromatic heterocycles. The lowest BCUT2D eigenvalue weighted by molar-refractivity contribution is -0.176. The van der Waals surface area contributed by atoms with Crippen molar-refractivity contribution < 1.29 is 28.6 Å². The zero-order valence-corrected chi connectivity index (χ0v) is 26.5. The molecule has 0 amide bonds. The highest BCUT2D eigenvalue weighted by atomic mass is 35.5. The van der Waals surface area contributed by atoms with E-state index in [9.17, 15) is 19.5 Å². The van der Waals surface area contributed by atoms with Crippen molar-refractivity contribution in [2.24, 2.45) is 28.6 Å². The van der Waals surface area contributed by atoms with Crippen molar-refractivity contribution in [1.29, 1.82) is 0 Å². The van der Waals surface area contributed by atoms with Gasteiger partial charge >= 0.3 is 5.97 Å². The number of aromatic nitrogens is 1. The molecular weight excluding hydrogens is 598 g/mol. The summed E-state index contributed by atoms with van der Waals surface area (Å²) in [4.78, 5) is 45.0. The van der Waals surface area contributed by atoms with E-state index in [0.717, 1.165) is 53.2 Å². The fourth-order valence-corrected chi connectivity index (χ4v) is 10.5. The Balaban J connectivity index is 1.22. The first-order valence-electron chi connectivity index (χ1n) is 15.5. The average Bonchev–Trinajstić information content (AvgIpc) is 3.63. The third kappa shape index (κ3) is 4.59. The van der Waals surface area contributed by atoms with Crippen molar-refractivity contribution in [2.75, 3.05) is 0 Å². The van der Waals surface area contributed by atoms with Gasteiger partial charge in [0, 0.05) is 28.0 Å². The van der Waals surface area contributed by atoms with Crippen LogP contribution in [0.4, 0.5) is 0 Å². The number of thioether (sulfide) groups is 1. The lowest BCUT2D eigenvalue weighted by atomic mass is 9.45. The van der Waals surface area contributed by atoms with Gasteiger partial charge in [0.1, 0.15) is 0 Å². The number of rotatable bonds is 5. The van der Waals surface area contributed by atoms with Gasteiger partial charge in [0.15, 0.2) is 11.4 Å². The number of halogens is 1. The Morgan fingerprint density at radius 1 is 1.14 bits per heavy atom. The van der Waals surface area contributed by atoms with Gasteiger partial charge in [-0.3, -0.25) is 14.6 Å². The molecule has 1 aromatic carbocycles. The van der Waals surface area contributed by atoms with E-state index in [4.69, 9.17) is 25.7 Å². The smallest absolute Gasteiger partial charge is 0.375 e. The van der Waals surface area contributed by atoms with Crippen molar-refractivity contribution >= 4 is 51.1 Å². The molecule has 4 aliphatic rings. The van der Waals surface area contributed by atoms with Crippen molar-refractivity contribution in [2.45, 2.75) is 76.3 Å². The second-order valence-electron chi connectivity index (χ2n) is 13.5. The Morgan fingerprint density at radius 2 is 1.95 bits per heavy atom. The normalized spacial score (nSPS) is 34.5. The van der Waals surface area contributed by atoms with E-state index in [2.05, 4.69) is 6.92 Å². The molecule has 3 saturated carbocycles. The highest BCUT2D eigenvalue weighted by Crippen LogP contribution is 2.69. The molecule has 7 nitrogen and oxygen atoms in total. The number of benzene rings is 1. The van der Waals surface area contributed by atoms with E-state index >= 15 is 0 Å². The molecule has 7 atom stereocenters. The zero-order chi connectivity index (χ0) is 30.9. The maximum absolute atomic E-state index is 14.5. The first-order chi connectivity index (χ1) is 21.0. The number of esters is 1. The number of allylic oxidation sites excluding steroid dienone is 1. The van der Waals surface area contributed by atoms with Crippen LogP contribution in [0.5, 0.6) is 0 Å². The summed E-state index contributed by atoms with van der Waals surface area (Å²) in [7, 11) is 0. The highest BCUT2D eigenvalue weighted by molar-refractivity contribution is 8.13. The molecular formula is C35H36ClNO6S. The van der Waals surface area contributed by atoms with Crippen LogP contribution in [-0.2, 0) is 20.1 Å². The molecule has 6 unspecified atom stereocenters. The molecule has 0 radical (unpaired) electrons. The van der Waals surface area contributed by atoms with Gasteiger partial charge < -0.3 is 14.3 Å². The second-order valence-corrected chi connectivity index (χ2v) is 14.9. The average molecular weight is 634 g/mol. The highest BCUT2D eigenvalue weighted by Gasteiger charge is 2.70. The van der Waals surface area contributed by atoms with E-state index < -0.39 is 23.1 Å². The van der Waals surface area contributed by atoms with E-state index in [-0.39, 0.29) is 39.8 Å². The standard InChI is InChI=1S/C35H36ClNO6S/c1-33-13-11-24(38)16-21(33)7-10-25-26-12-14-35(34(26,2)18-28(39)30(25)33,43-31(40)29-4-3-15-42-29)32(41)44-19-23-9-6-20-5-8-22(36)17-27(20)37-23/h3-6,8-9,15-17,25-26,28,30,39H,7,10-14,18-19H2,1-2H3/t25?,26?,28?,30?,33?,34?,35-/m0/s1. The summed E-state index contributed by atoms with van der Waals surface area (Å²) < 4.78 is 11.7. The summed E-state index contributed by atoms with van der Waals surface area (Å²) in [6, 6.07) is 12.5. The lowest BCUT2D eigenvalue weighted by Gasteiger charge is -2.60. The number of aliphatic hydroxyl groups excluding tert-OH is 1. The zero-order valence-electron chi connectivity index (χ0n) is 24.9. The maximum atomic E-state index is 14.5. The Hall–Kier alpha value is -2.94. The summed E-state index contributed by atoms with van der Waals surface area (Å²) in [6.45, 7) is 4.24. The van der Waals surface area contributed by atoms with Crippen LogP contribution < -0.4 is 0 Å². The Bertz CT molecular complexity index is 1690. The molecule has 1 N–H and O–H groups in total. The third-order valence-corrected chi connectivity index (χ3v) is 12.7. The van der Waals surface area contributed by atoms with Gasteiger partial charge in [0.25, 0.3) is 0 Å². The van der Waals surface area contributed by atoms with Crippen molar-refractivity contribution in [3.05, 3.63) is 76.9 Å². The van der Waals surface area contributed by atoms with Crippen molar-refractivity contribution in [3.63, 3.8) is 0 Å². The Labute approximate surface area is 265 Å². The quantitative estimate of drug-likeness (QED) is 0.291. The molecule has 0 bridgehead atoms. The Kier molecular flexibility index (Phi) is 7.34. The molecule has 9 heteroatoms. The number of ether oxygens (including phenoxy) is 1. The fraction of sp³-hybridized carbons (Fsp3) is 0.486. The molecule has 0 aliphatic heterocycles. The van der Waals surface area contributed by atoms with E-state index in [0.29, 0.717) is 36.5 Å². The molecule has 2 heterocycles. The number of pyridine rings is 1. The SMILES string of the molecule is CC12CCC(=O)C=C1CCC1C2C(O)CC2(C)C1CC[C@]2(OC(=O)c1ccco1)C(=O)SCc1ccc2ccc(Cl)cc2n1. The summed E-state index contributed by atoms with van der Waals surface area (Å²) in [6.07, 6.45) is 6.82. The van der Waals surface area contributed by atoms with Crippen LogP contribution in [-0.4, -0.2) is 38.7 Å². The van der Waals surface area contributed by atoms with Gasteiger partial charge in [-0.05, 0) is 98.1 Å². The largest absolute Gasteiger partial charge is 0.457 e. The number of hydrogen-bond donors (Lipinski definition) is 1. The van der Waals surface area contributed by atoms with Crippen LogP contribution in [0.2, 0.25) is 5.02 Å². The molecule has 0 saturated heterocycles. The first-order valence-corrected chi connectivity index (χ1v) is 16.8. The van der Waals surface area contributed by atoms with Gasteiger partial charge in [0.2, 0.25) is 10.9 Å². The molecule has 230 valence electrons. The topological polar surface area (TPSA) is 107 Å². The molecule has 3 fully saturated rings. The third-order valence-electron chi connectivity index (χ3n) is 11.4. The number of fused-ring (bicyclic) bond motifs is 6. The minimum absolute atomic E-state index is 0.0124. The predicted molar refractivity (Wildman–Crippen MR) is 168 cm³/mol. The number of aliphatic hydroxyl groups is 1. The Morgan fingerprint density at radius 3 is 2.75 bits per heavy atom. The maximum Gasteiger partial charge on any atom is 0.375 e. The number of furan rings is 1. The van der Waals surface area contributed by atoms with Crippen molar-refractivity contribution in [3.8, 4) is 0 Å². The number of ketones is 1. The van der Waals surface area contributed by atoms with E-state index in [1.807, 2.05) is 37.3 Å². The van der Waals surface area contributed by atoms with Gasteiger partial charge in [-0.1, -0.05) is 54.9 Å². The van der Waals surface area contributed by atoms with E-state index in [1.165, 1.54) is 6.26 Å². The number of hydrogen-bond acceptors (Lipinski definition) is 8. The van der Waals surface area contributed by atoms with Crippen LogP contribution in [0.1, 0.15) is 75.0 Å². The number of nitrogens with zero attached hydrogens (tertiary/aromatic N) is 1. The monoisotopic (exact) mass is 633 g/mol. The molecule has 3 aromatic rings. The number of carbonyl (C=O) groups excluding carboxylic acids is 3. The van der Waals surface area contributed by atoms with Gasteiger partial charge in [-0.2, -0.15) is 0 Å². The predicted octanol–water partition coefficient (Wildman–Crippen LogP) is 7.34. The van der Waals surface area contributed by atoms with Crippen LogP contribution in [0.15, 0.2) is 64.8 Å².